The van der Waals surface area contributed by atoms with Crippen LogP contribution in [0.2, 0.25) is 0 Å². The van der Waals surface area contributed by atoms with Gasteiger partial charge in [0.2, 0.25) is 0 Å². The summed E-state index contributed by atoms with van der Waals surface area (Å²) >= 11 is 1.51. The molecule has 0 unspecified atom stereocenters. The number of hydrogen-bond acceptors (Lipinski definition) is 3. The standard InChI is InChI=1S/C16H14N2OS/c17-9-11-5-2-4-8-14(11)18-16(19)15-13-7-3-1-6-12(13)10-20-15/h2,4-5,8,10H,1,3,6-7H2,(H,18,19). The van der Waals surface area contributed by atoms with E-state index < -0.39 is 0 Å². The third-order valence-electron chi connectivity index (χ3n) is 3.61. The molecule has 0 saturated carbocycles. The van der Waals surface area contributed by atoms with E-state index in [4.69, 9.17) is 5.26 Å². The number of amides is 1. The van der Waals surface area contributed by atoms with Crippen molar-refractivity contribution < 1.29 is 4.79 Å². The van der Waals surface area contributed by atoms with Gasteiger partial charge >= 0.3 is 0 Å². The molecule has 0 radical (unpaired) electrons. The molecule has 0 aliphatic heterocycles. The molecule has 0 fully saturated rings. The van der Waals surface area contributed by atoms with Crippen molar-refractivity contribution in [2.75, 3.05) is 5.32 Å². The van der Waals surface area contributed by atoms with Crippen molar-refractivity contribution in [1.82, 2.24) is 0 Å². The number of hydrogen-bond donors (Lipinski definition) is 1. The lowest BCUT2D eigenvalue weighted by Crippen LogP contribution is -2.14. The lowest BCUT2D eigenvalue weighted by atomic mass is 9.94. The van der Waals surface area contributed by atoms with Crippen LogP contribution in [0.1, 0.15) is 39.2 Å². The molecule has 1 aliphatic rings. The van der Waals surface area contributed by atoms with Crippen LogP contribution in [0.3, 0.4) is 0 Å². The van der Waals surface area contributed by atoms with Crippen LogP contribution in [0.4, 0.5) is 5.69 Å². The number of thiophene rings is 1. The second kappa shape index (κ2) is 5.48. The van der Waals surface area contributed by atoms with Crippen LogP contribution in [-0.4, -0.2) is 5.91 Å². The summed E-state index contributed by atoms with van der Waals surface area (Å²) in [5.41, 5.74) is 3.59. The Labute approximate surface area is 121 Å². The molecule has 3 rings (SSSR count). The Morgan fingerprint density at radius 3 is 2.90 bits per heavy atom. The molecule has 1 aromatic carbocycles. The first-order valence-corrected chi connectivity index (χ1v) is 7.57. The van der Waals surface area contributed by atoms with Gasteiger partial charge in [0.25, 0.3) is 5.91 Å². The van der Waals surface area contributed by atoms with E-state index >= 15 is 0 Å². The first-order chi connectivity index (χ1) is 9.79. The molecule has 0 bridgehead atoms. The summed E-state index contributed by atoms with van der Waals surface area (Å²) in [6, 6.07) is 9.18. The van der Waals surface area contributed by atoms with Gasteiger partial charge in [0.05, 0.1) is 16.1 Å². The minimum absolute atomic E-state index is 0.0964. The first-order valence-electron chi connectivity index (χ1n) is 6.69. The minimum Gasteiger partial charge on any atom is -0.320 e. The number of nitrogens with one attached hydrogen (secondary N) is 1. The summed E-state index contributed by atoms with van der Waals surface area (Å²) in [5, 5.41) is 14.0. The molecule has 100 valence electrons. The van der Waals surface area contributed by atoms with Gasteiger partial charge in [-0.3, -0.25) is 4.79 Å². The van der Waals surface area contributed by atoms with Crippen molar-refractivity contribution in [2.24, 2.45) is 0 Å². The first kappa shape index (κ1) is 12.9. The van der Waals surface area contributed by atoms with Gasteiger partial charge in [-0.25, -0.2) is 0 Å². The van der Waals surface area contributed by atoms with Crippen molar-refractivity contribution in [1.29, 1.82) is 5.26 Å². The highest BCUT2D eigenvalue weighted by molar-refractivity contribution is 7.12. The number of nitriles is 1. The van der Waals surface area contributed by atoms with Crippen LogP contribution in [0, 0.1) is 11.3 Å². The normalized spacial score (nSPS) is 13.3. The highest BCUT2D eigenvalue weighted by Crippen LogP contribution is 2.30. The fourth-order valence-corrected chi connectivity index (χ4v) is 3.63. The third-order valence-corrected chi connectivity index (χ3v) is 4.68. The Morgan fingerprint density at radius 2 is 2.05 bits per heavy atom. The summed E-state index contributed by atoms with van der Waals surface area (Å²) in [7, 11) is 0. The monoisotopic (exact) mass is 282 g/mol. The number of benzene rings is 1. The van der Waals surface area contributed by atoms with E-state index in [1.54, 1.807) is 18.2 Å². The number of carbonyl (C=O) groups is 1. The van der Waals surface area contributed by atoms with Gasteiger partial charge in [0.15, 0.2) is 0 Å². The van der Waals surface area contributed by atoms with Crippen LogP contribution in [-0.2, 0) is 12.8 Å². The zero-order valence-electron chi connectivity index (χ0n) is 11.0. The molecule has 1 amide bonds. The number of para-hydroxylation sites is 1. The molecule has 1 aromatic heterocycles. The maximum Gasteiger partial charge on any atom is 0.266 e. The molecule has 3 nitrogen and oxygen atoms in total. The van der Waals surface area contributed by atoms with Gasteiger partial charge in [-0.05, 0) is 54.3 Å². The molecule has 4 heteroatoms. The molecule has 1 N–H and O–H groups in total. The molecular weight excluding hydrogens is 268 g/mol. The fourth-order valence-electron chi connectivity index (χ4n) is 2.58. The van der Waals surface area contributed by atoms with Crippen LogP contribution < -0.4 is 5.32 Å². The van der Waals surface area contributed by atoms with Crippen molar-refractivity contribution >= 4 is 22.9 Å². The molecule has 0 spiro atoms. The van der Waals surface area contributed by atoms with Crippen molar-refractivity contribution in [2.45, 2.75) is 25.7 Å². The zero-order valence-corrected chi connectivity index (χ0v) is 11.8. The fraction of sp³-hybridized carbons (Fsp3) is 0.250. The quantitative estimate of drug-likeness (QED) is 0.912. The third kappa shape index (κ3) is 2.33. The van der Waals surface area contributed by atoms with E-state index in [-0.39, 0.29) is 5.91 Å². The summed E-state index contributed by atoms with van der Waals surface area (Å²) in [6.07, 6.45) is 4.43. The second-order valence-corrected chi connectivity index (χ2v) is 5.77. The number of anilines is 1. The predicted molar refractivity (Wildman–Crippen MR) is 80.1 cm³/mol. The zero-order chi connectivity index (χ0) is 13.9. The van der Waals surface area contributed by atoms with Gasteiger partial charge < -0.3 is 5.32 Å². The molecule has 0 saturated heterocycles. The molecular formula is C16H14N2OS. The van der Waals surface area contributed by atoms with Crippen molar-refractivity contribution in [3.8, 4) is 6.07 Å². The molecule has 20 heavy (non-hydrogen) atoms. The summed E-state index contributed by atoms with van der Waals surface area (Å²) in [4.78, 5) is 13.2. The topological polar surface area (TPSA) is 52.9 Å². The Hall–Kier alpha value is -2.12. The average Bonchev–Trinajstić information content (AvgIpc) is 2.92. The Kier molecular flexibility index (Phi) is 3.53. The van der Waals surface area contributed by atoms with E-state index in [1.165, 1.54) is 28.9 Å². The number of carbonyl (C=O) groups excluding carboxylic acids is 1. The van der Waals surface area contributed by atoms with Gasteiger partial charge in [-0.2, -0.15) is 5.26 Å². The number of rotatable bonds is 2. The Balaban J connectivity index is 1.87. The van der Waals surface area contributed by atoms with Gasteiger partial charge in [-0.1, -0.05) is 12.1 Å². The van der Waals surface area contributed by atoms with Crippen molar-refractivity contribution in [3.05, 3.63) is 51.2 Å². The van der Waals surface area contributed by atoms with E-state index in [0.29, 0.717) is 11.3 Å². The number of aryl methyl sites for hydroxylation is 1. The Morgan fingerprint density at radius 1 is 1.25 bits per heavy atom. The van der Waals surface area contributed by atoms with E-state index in [1.807, 2.05) is 6.07 Å². The van der Waals surface area contributed by atoms with Gasteiger partial charge in [0, 0.05) is 0 Å². The lowest BCUT2D eigenvalue weighted by Gasteiger charge is -2.13. The van der Waals surface area contributed by atoms with Gasteiger partial charge in [-0.15, -0.1) is 11.3 Å². The Bertz CT molecular complexity index is 697. The van der Waals surface area contributed by atoms with Crippen LogP contribution in [0.5, 0.6) is 0 Å². The van der Waals surface area contributed by atoms with Gasteiger partial charge in [0.1, 0.15) is 6.07 Å². The summed E-state index contributed by atoms with van der Waals surface area (Å²) < 4.78 is 0. The van der Waals surface area contributed by atoms with Crippen LogP contribution in [0.25, 0.3) is 0 Å². The SMILES string of the molecule is N#Cc1ccccc1NC(=O)c1scc2c1CCCC2. The highest BCUT2D eigenvalue weighted by Gasteiger charge is 2.20. The van der Waals surface area contributed by atoms with Crippen molar-refractivity contribution in [3.63, 3.8) is 0 Å². The maximum absolute atomic E-state index is 12.4. The van der Waals surface area contributed by atoms with E-state index in [2.05, 4.69) is 16.8 Å². The molecule has 1 aliphatic carbocycles. The summed E-state index contributed by atoms with van der Waals surface area (Å²) in [6.45, 7) is 0. The van der Waals surface area contributed by atoms with E-state index in [0.717, 1.165) is 24.1 Å². The second-order valence-electron chi connectivity index (χ2n) is 4.89. The van der Waals surface area contributed by atoms with Crippen LogP contribution >= 0.6 is 11.3 Å². The average molecular weight is 282 g/mol. The number of nitrogens with zero attached hydrogens (tertiary/aromatic N) is 1. The summed E-state index contributed by atoms with van der Waals surface area (Å²) in [5.74, 6) is -0.0964. The molecule has 2 aromatic rings. The smallest absolute Gasteiger partial charge is 0.266 e. The molecule has 1 heterocycles. The lowest BCUT2D eigenvalue weighted by molar-refractivity contribution is 0.102. The minimum atomic E-state index is -0.0964. The molecule has 0 atom stereocenters. The largest absolute Gasteiger partial charge is 0.320 e. The number of fused-ring (bicyclic) bond motifs is 1. The highest BCUT2D eigenvalue weighted by atomic mass is 32.1. The maximum atomic E-state index is 12.4. The van der Waals surface area contributed by atoms with Crippen LogP contribution in [0.15, 0.2) is 29.6 Å². The van der Waals surface area contributed by atoms with E-state index in [9.17, 15) is 4.79 Å². The predicted octanol–water partition coefficient (Wildman–Crippen LogP) is 3.75.